The van der Waals surface area contributed by atoms with Crippen LogP contribution in [0.2, 0.25) is 0 Å². The Bertz CT molecular complexity index is 949. The summed E-state index contributed by atoms with van der Waals surface area (Å²) < 4.78 is 11.6. The van der Waals surface area contributed by atoms with Crippen molar-refractivity contribution >= 4 is 39.4 Å². The number of hydrogen-bond donors (Lipinski definition) is 0. The summed E-state index contributed by atoms with van der Waals surface area (Å²) in [7, 11) is 1.60. The SMILES string of the molecule is CCOc1cc(C=Cc2nc3ccc([N+](=O)[O-])cc3s2)ccc1OC. The molecule has 0 saturated heterocycles. The van der Waals surface area contributed by atoms with Crippen LogP contribution in [0.4, 0.5) is 5.69 Å². The van der Waals surface area contributed by atoms with Gasteiger partial charge in [-0.25, -0.2) is 4.98 Å². The molecule has 0 aliphatic heterocycles. The van der Waals surface area contributed by atoms with Gasteiger partial charge in [0.05, 0.1) is 28.9 Å². The molecule has 0 radical (unpaired) electrons. The van der Waals surface area contributed by atoms with E-state index < -0.39 is 4.92 Å². The van der Waals surface area contributed by atoms with E-state index in [-0.39, 0.29) is 5.69 Å². The number of aromatic nitrogens is 1. The molecule has 128 valence electrons. The van der Waals surface area contributed by atoms with Crippen molar-refractivity contribution < 1.29 is 14.4 Å². The zero-order valence-electron chi connectivity index (χ0n) is 13.8. The Hall–Kier alpha value is -2.93. The van der Waals surface area contributed by atoms with Crippen molar-refractivity contribution in [3.8, 4) is 11.5 Å². The van der Waals surface area contributed by atoms with Gasteiger partial charge in [0.2, 0.25) is 0 Å². The van der Waals surface area contributed by atoms with Crippen LogP contribution < -0.4 is 9.47 Å². The van der Waals surface area contributed by atoms with Crippen LogP contribution in [-0.2, 0) is 0 Å². The molecule has 0 fully saturated rings. The Labute approximate surface area is 148 Å². The molecule has 2 aromatic carbocycles. The van der Waals surface area contributed by atoms with Gasteiger partial charge >= 0.3 is 0 Å². The molecule has 0 aliphatic rings. The van der Waals surface area contributed by atoms with Crippen LogP contribution in [0, 0.1) is 10.1 Å². The molecule has 0 spiro atoms. The number of rotatable bonds is 6. The van der Waals surface area contributed by atoms with E-state index >= 15 is 0 Å². The molecule has 0 N–H and O–H groups in total. The third-order valence-corrected chi connectivity index (χ3v) is 4.49. The van der Waals surface area contributed by atoms with Gasteiger partial charge in [0.25, 0.3) is 5.69 Å². The highest BCUT2D eigenvalue weighted by Crippen LogP contribution is 2.30. The maximum atomic E-state index is 10.9. The van der Waals surface area contributed by atoms with Crippen LogP contribution in [0.5, 0.6) is 11.5 Å². The number of nitrogens with zero attached hydrogens (tertiary/aromatic N) is 2. The molecule has 0 saturated carbocycles. The summed E-state index contributed by atoms with van der Waals surface area (Å²) in [5.41, 5.74) is 1.78. The van der Waals surface area contributed by atoms with Crippen molar-refractivity contribution in [1.29, 1.82) is 0 Å². The fourth-order valence-corrected chi connectivity index (χ4v) is 3.25. The predicted octanol–water partition coefficient (Wildman–Crippen LogP) is 4.78. The summed E-state index contributed by atoms with van der Waals surface area (Å²) in [6.07, 6.45) is 3.81. The van der Waals surface area contributed by atoms with Gasteiger partial charge < -0.3 is 9.47 Å². The van der Waals surface area contributed by atoms with Crippen molar-refractivity contribution in [2.24, 2.45) is 0 Å². The number of thiazole rings is 1. The first kappa shape index (κ1) is 16.9. The predicted molar refractivity (Wildman–Crippen MR) is 99.4 cm³/mol. The van der Waals surface area contributed by atoms with Crippen LogP contribution in [0.1, 0.15) is 17.5 Å². The standard InChI is InChI=1S/C18H16N2O4S/c1-3-24-16-10-12(4-8-15(16)23-2)5-9-18-19-14-7-6-13(20(21)22)11-17(14)25-18/h4-11H,3H2,1-2H3. The topological polar surface area (TPSA) is 74.5 Å². The quantitative estimate of drug-likeness (QED) is 0.469. The second-order valence-corrected chi connectivity index (χ2v) is 6.20. The molecular weight excluding hydrogens is 340 g/mol. The van der Waals surface area contributed by atoms with Gasteiger partial charge in [0.15, 0.2) is 11.5 Å². The van der Waals surface area contributed by atoms with Crippen molar-refractivity contribution in [2.45, 2.75) is 6.92 Å². The normalized spacial score (nSPS) is 11.1. The van der Waals surface area contributed by atoms with Crippen LogP contribution in [0.15, 0.2) is 36.4 Å². The first-order valence-corrected chi connectivity index (χ1v) is 8.46. The van der Waals surface area contributed by atoms with Crippen LogP contribution in [0.25, 0.3) is 22.4 Å². The Morgan fingerprint density at radius 2 is 2.04 bits per heavy atom. The van der Waals surface area contributed by atoms with Gasteiger partial charge in [-0.1, -0.05) is 12.1 Å². The summed E-state index contributed by atoms with van der Waals surface area (Å²) in [5.74, 6) is 1.37. The van der Waals surface area contributed by atoms with Gasteiger partial charge in [-0.15, -0.1) is 11.3 Å². The van der Waals surface area contributed by atoms with Crippen molar-refractivity contribution in [1.82, 2.24) is 4.98 Å². The minimum absolute atomic E-state index is 0.0724. The van der Waals surface area contributed by atoms with Crippen molar-refractivity contribution in [2.75, 3.05) is 13.7 Å². The van der Waals surface area contributed by atoms with Crippen LogP contribution in [0.3, 0.4) is 0 Å². The van der Waals surface area contributed by atoms with E-state index in [9.17, 15) is 10.1 Å². The Kier molecular flexibility index (Phi) is 4.95. The maximum Gasteiger partial charge on any atom is 0.270 e. The van der Waals surface area contributed by atoms with Crippen molar-refractivity contribution in [3.63, 3.8) is 0 Å². The largest absolute Gasteiger partial charge is 0.493 e. The molecule has 25 heavy (non-hydrogen) atoms. The third kappa shape index (κ3) is 3.77. The highest BCUT2D eigenvalue weighted by atomic mass is 32.1. The molecule has 0 aliphatic carbocycles. The molecule has 7 heteroatoms. The minimum atomic E-state index is -0.402. The fourth-order valence-electron chi connectivity index (χ4n) is 2.35. The lowest BCUT2D eigenvalue weighted by molar-refractivity contribution is -0.384. The highest BCUT2D eigenvalue weighted by Gasteiger charge is 2.09. The Morgan fingerprint density at radius 1 is 1.20 bits per heavy atom. The first-order valence-electron chi connectivity index (χ1n) is 7.64. The zero-order valence-corrected chi connectivity index (χ0v) is 14.6. The fraction of sp³-hybridized carbons (Fsp3) is 0.167. The third-order valence-electron chi connectivity index (χ3n) is 3.51. The minimum Gasteiger partial charge on any atom is -0.493 e. The molecule has 6 nitrogen and oxygen atoms in total. The first-order chi connectivity index (χ1) is 12.1. The van der Waals surface area contributed by atoms with Gasteiger partial charge in [-0.2, -0.15) is 0 Å². The lowest BCUT2D eigenvalue weighted by Crippen LogP contribution is -1.95. The summed E-state index contributed by atoms with van der Waals surface area (Å²) in [5, 5.41) is 11.6. The van der Waals surface area contributed by atoms with E-state index in [4.69, 9.17) is 9.47 Å². The van der Waals surface area contributed by atoms with Crippen molar-refractivity contribution in [3.05, 3.63) is 57.1 Å². The van der Waals surface area contributed by atoms with Gasteiger partial charge in [0.1, 0.15) is 5.01 Å². The lowest BCUT2D eigenvalue weighted by Gasteiger charge is -2.09. The van der Waals surface area contributed by atoms with E-state index in [1.165, 1.54) is 17.4 Å². The molecule has 0 bridgehead atoms. The number of ether oxygens (including phenoxy) is 2. The smallest absolute Gasteiger partial charge is 0.270 e. The lowest BCUT2D eigenvalue weighted by atomic mass is 10.2. The summed E-state index contributed by atoms with van der Waals surface area (Å²) in [6.45, 7) is 2.47. The maximum absolute atomic E-state index is 10.9. The average Bonchev–Trinajstić information content (AvgIpc) is 3.02. The van der Waals surface area contributed by atoms with E-state index in [2.05, 4.69) is 4.98 Å². The zero-order chi connectivity index (χ0) is 17.8. The second kappa shape index (κ2) is 7.31. The molecular formula is C18H16N2O4S. The number of nitro benzene ring substituents is 1. The molecule has 0 unspecified atom stereocenters. The number of hydrogen-bond acceptors (Lipinski definition) is 6. The number of non-ortho nitro benzene ring substituents is 1. The molecule has 0 amide bonds. The average molecular weight is 356 g/mol. The monoisotopic (exact) mass is 356 g/mol. The summed E-state index contributed by atoms with van der Waals surface area (Å²) in [4.78, 5) is 14.9. The van der Waals surface area contributed by atoms with Gasteiger partial charge in [0, 0.05) is 12.1 Å². The number of nitro groups is 1. The molecule has 3 aromatic rings. The van der Waals surface area contributed by atoms with Crippen LogP contribution in [-0.4, -0.2) is 23.6 Å². The van der Waals surface area contributed by atoms with E-state index in [0.29, 0.717) is 18.1 Å². The molecule has 1 aromatic heterocycles. The van der Waals surface area contributed by atoms with Crippen LogP contribution >= 0.6 is 11.3 Å². The summed E-state index contributed by atoms with van der Waals surface area (Å²) in [6, 6.07) is 10.4. The van der Waals surface area contributed by atoms with E-state index in [1.54, 1.807) is 19.2 Å². The molecule has 1 heterocycles. The van der Waals surface area contributed by atoms with Gasteiger partial charge in [-0.05, 0) is 36.8 Å². The number of benzene rings is 2. The Morgan fingerprint density at radius 3 is 2.76 bits per heavy atom. The van der Waals surface area contributed by atoms with Gasteiger partial charge in [-0.3, -0.25) is 10.1 Å². The second-order valence-electron chi connectivity index (χ2n) is 5.14. The molecule has 0 atom stereocenters. The molecule has 3 rings (SSSR count). The number of fused-ring (bicyclic) bond motifs is 1. The Balaban J connectivity index is 1.87. The van der Waals surface area contributed by atoms with E-state index in [0.717, 1.165) is 20.8 Å². The summed E-state index contributed by atoms with van der Waals surface area (Å²) >= 11 is 1.41. The number of methoxy groups -OCH3 is 1. The highest BCUT2D eigenvalue weighted by molar-refractivity contribution is 7.19. The van der Waals surface area contributed by atoms with E-state index in [1.807, 2.05) is 37.3 Å².